The van der Waals surface area contributed by atoms with Gasteiger partial charge in [0.05, 0.1) is 20.8 Å². The van der Waals surface area contributed by atoms with Crippen LogP contribution in [-0.4, -0.2) is 34.1 Å². The van der Waals surface area contributed by atoms with Crippen LogP contribution >= 0.6 is 0 Å². The Morgan fingerprint density at radius 2 is 1.88 bits per heavy atom. The highest BCUT2D eigenvalue weighted by Crippen LogP contribution is 2.31. The monoisotopic (exact) mass is 346 g/mol. The molecule has 9 nitrogen and oxygen atoms in total. The Kier molecular flexibility index (Phi) is 4.55. The van der Waals surface area contributed by atoms with Crippen LogP contribution < -0.4 is 15.2 Å². The summed E-state index contributed by atoms with van der Waals surface area (Å²) in [4.78, 5) is 16.3. The van der Waals surface area contributed by atoms with E-state index in [0.717, 1.165) is 0 Å². The zero-order valence-corrected chi connectivity index (χ0v) is 14.3. The van der Waals surface area contributed by atoms with Gasteiger partial charge in [-0.3, -0.25) is 4.52 Å². The molecule has 0 aliphatic rings. The molecule has 3 aromatic rings. The average molecular weight is 346 g/mol. The molecule has 0 saturated carbocycles. The van der Waals surface area contributed by atoms with E-state index in [1.54, 1.807) is 25.3 Å². The van der Waals surface area contributed by atoms with E-state index in [4.69, 9.17) is 18.5 Å². The SMILES string of the molecule is COc1ccc(-c2noc(=O)n2Cc2noc(C(C)C)n2)cc1OC. The smallest absolute Gasteiger partial charge is 0.442 e. The molecule has 25 heavy (non-hydrogen) atoms. The number of ether oxygens (including phenoxy) is 2. The third kappa shape index (κ3) is 3.25. The Balaban J connectivity index is 1.97. The van der Waals surface area contributed by atoms with Crippen LogP contribution in [0.4, 0.5) is 0 Å². The summed E-state index contributed by atoms with van der Waals surface area (Å²) in [6.07, 6.45) is 0. The maximum Gasteiger partial charge on any atom is 0.442 e. The standard InChI is InChI=1S/C16H18N4O5/c1-9(2)15-17-13(18-24-15)8-20-14(19-25-16(20)21)10-5-6-11(22-3)12(7-10)23-4/h5-7,9H,8H2,1-4H3. The van der Waals surface area contributed by atoms with Crippen molar-refractivity contribution in [2.75, 3.05) is 14.2 Å². The predicted octanol–water partition coefficient (Wildman–Crippen LogP) is 2.08. The molecule has 2 heterocycles. The molecular weight excluding hydrogens is 328 g/mol. The lowest BCUT2D eigenvalue weighted by molar-refractivity contribution is 0.355. The van der Waals surface area contributed by atoms with Crippen LogP contribution in [0.2, 0.25) is 0 Å². The van der Waals surface area contributed by atoms with E-state index >= 15 is 0 Å². The maximum atomic E-state index is 12.0. The summed E-state index contributed by atoms with van der Waals surface area (Å²) in [5.74, 6) is 1.79. The quantitative estimate of drug-likeness (QED) is 0.668. The molecule has 0 saturated heterocycles. The van der Waals surface area contributed by atoms with E-state index in [1.807, 2.05) is 13.8 Å². The van der Waals surface area contributed by atoms with E-state index < -0.39 is 5.76 Å². The van der Waals surface area contributed by atoms with Crippen LogP contribution in [0.3, 0.4) is 0 Å². The first-order valence-electron chi connectivity index (χ1n) is 7.65. The van der Waals surface area contributed by atoms with Crippen molar-refractivity contribution in [3.63, 3.8) is 0 Å². The molecule has 0 fully saturated rings. The first-order valence-corrected chi connectivity index (χ1v) is 7.65. The topological polar surface area (TPSA) is 105 Å². The third-order valence-electron chi connectivity index (χ3n) is 3.61. The fourth-order valence-corrected chi connectivity index (χ4v) is 2.30. The molecule has 2 aromatic heterocycles. The van der Waals surface area contributed by atoms with Crippen molar-refractivity contribution in [2.45, 2.75) is 26.3 Å². The van der Waals surface area contributed by atoms with Gasteiger partial charge in [0.2, 0.25) is 5.89 Å². The molecule has 0 amide bonds. The fraction of sp³-hybridized carbons (Fsp3) is 0.375. The molecule has 0 aliphatic heterocycles. The van der Waals surface area contributed by atoms with Gasteiger partial charge in [0.15, 0.2) is 23.1 Å². The maximum absolute atomic E-state index is 12.0. The van der Waals surface area contributed by atoms with Crippen molar-refractivity contribution in [3.8, 4) is 22.9 Å². The molecule has 0 radical (unpaired) electrons. The van der Waals surface area contributed by atoms with Crippen LogP contribution in [0.1, 0.15) is 31.5 Å². The van der Waals surface area contributed by atoms with E-state index in [0.29, 0.717) is 34.6 Å². The lowest BCUT2D eigenvalue weighted by Gasteiger charge is -2.09. The summed E-state index contributed by atoms with van der Waals surface area (Å²) in [5.41, 5.74) is 0.635. The molecule has 0 bridgehead atoms. The second-order valence-electron chi connectivity index (χ2n) is 5.63. The van der Waals surface area contributed by atoms with E-state index in [2.05, 4.69) is 15.3 Å². The molecule has 3 rings (SSSR count). The minimum absolute atomic E-state index is 0.0855. The number of nitrogens with zero attached hydrogens (tertiary/aromatic N) is 4. The fourth-order valence-electron chi connectivity index (χ4n) is 2.30. The van der Waals surface area contributed by atoms with Gasteiger partial charge in [-0.15, -0.1) is 0 Å². The van der Waals surface area contributed by atoms with Gasteiger partial charge in [0.1, 0.15) is 0 Å². The van der Waals surface area contributed by atoms with Gasteiger partial charge in [-0.25, -0.2) is 9.36 Å². The van der Waals surface area contributed by atoms with Crippen molar-refractivity contribution in [1.82, 2.24) is 19.9 Å². The van der Waals surface area contributed by atoms with Crippen molar-refractivity contribution in [3.05, 3.63) is 40.5 Å². The summed E-state index contributed by atoms with van der Waals surface area (Å²) in [6, 6.07) is 5.19. The summed E-state index contributed by atoms with van der Waals surface area (Å²) >= 11 is 0. The second kappa shape index (κ2) is 6.80. The molecule has 0 spiro atoms. The molecule has 9 heteroatoms. The zero-order valence-electron chi connectivity index (χ0n) is 14.3. The number of benzene rings is 1. The van der Waals surface area contributed by atoms with E-state index in [1.165, 1.54) is 11.7 Å². The predicted molar refractivity (Wildman–Crippen MR) is 86.8 cm³/mol. The van der Waals surface area contributed by atoms with Crippen LogP contribution in [0, 0.1) is 0 Å². The number of methoxy groups -OCH3 is 2. The highest BCUT2D eigenvalue weighted by Gasteiger charge is 2.18. The minimum Gasteiger partial charge on any atom is -0.493 e. The average Bonchev–Trinajstić information content (AvgIpc) is 3.22. The van der Waals surface area contributed by atoms with Crippen LogP contribution in [0.25, 0.3) is 11.4 Å². The lowest BCUT2D eigenvalue weighted by Crippen LogP contribution is -2.17. The molecule has 0 aliphatic carbocycles. The highest BCUT2D eigenvalue weighted by molar-refractivity contribution is 5.61. The van der Waals surface area contributed by atoms with Gasteiger partial charge >= 0.3 is 5.76 Å². The normalized spacial score (nSPS) is 11.1. The Bertz CT molecular complexity index is 925. The number of rotatable bonds is 6. The van der Waals surface area contributed by atoms with Gasteiger partial charge in [-0.1, -0.05) is 24.2 Å². The van der Waals surface area contributed by atoms with E-state index in [9.17, 15) is 4.79 Å². The van der Waals surface area contributed by atoms with Gasteiger partial charge in [-0.2, -0.15) is 4.98 Å². The number of hydrogen-bond donors (Lipinski definition) is 0. The molecule has 0 unspecified atom stereocenters. The zero-order chi connectivity index (χ0) is 18.0. The Morgan fingerprint density at radius 1 is 1.12 bits per heavy atom. The van der Waals surface area contributed by atoms with Crippen LogP contribution in [0.5, 0.6) is 11.5 Å². The Hall–Kier alpha value is -3.10. The molecule has 0 N–H and O–H groups in total. The molecule has 1 aromatic carbocycles. The molecular formula is C16H18N4O5. The van der Waals surface area contributed by atoms with Crippen LogP contribution in [-0.2, 0) is 6.54 Å². The first-order chi connectivity index (χ1) is 12.0. The largest absolute Gasteiger partial charge is 0.493 e. The summed E-state index contributed by atoms with van der Waals surface area (Å²) in [5, 5.41) is 7.74. The number of aromatic nitrogens is 4. The van der Waals surface area contributed by atoms with Gasteiger partial charge in [0.25, 0.3) is 0 Å². The summed E-state index contributed by atoms with van der Waals surface area (Å²) in [6.45, 7) is 3.97. The lowest BCUT2D eigenvalue weighted by atomic mass is 10.2. The molecule has 132 valence electrons. The van der Waals surface area contributed by atoms with Crippen molar-refractivity contribution in [1.29, 1.82) is 0 Å². The number of hydrogen-bond acceptors (Lipinski definition) is 8. The van der Waals surface area contributed by atoms with Crippen molar-refractivity contribution >= 4 is 0 Å². The van der Waals surface area contributed by atoms with Gasteiger partial charge < -0.3 is 14.0 Å². The van der Waals surface area contributed by atoms with Gasteiger partial charge in [0, 0.05) is 11.5 Å². The van der Waals surface area contributed by atoms with Crippen LogP contribution in [0.15, 0.2) is 32.0 Å². The Morgan fingerprint density at radius 3 is 2.52 bits per heavy atom. The van der Waals surface area contributed by atoms with Crippen molar-refractivity contribution in [2.24, 2.45) is 0 Å². The van der Waals surface area contributed by atoms with Gasteiger partial charge in [-0.05, 0) is 18.2 Å². The highest BCUT2D eigenvalue weighted by atomic mass is 16.5. The Labute approximate surface area is 143 Å². The third-order valence-corrected chi connectivity index (χ3v) is 3.61. The van der Waals surface area contributed by atoms with Crippen molar-refractivity contribution < 1.29 is 18.5 Å². The minimum atomic E-state index is -0.610. The second-order valence-corrected chi connectivity index (χ2v) is 5.63. The molecule has 0 atom stereocenters. The summed E-state index contributed by atoms with van der Waals surface area (Å²) < 4.78 is 21.8. The summed E-state index contributed by atoms with van der Waals surface area (Å²) in [7, 11) is 3.08. The first kappa shape index (κ1) is 16.7. The van der Waals surface area contributed by atoms with E-state index in [-0.39, 0.29) is 12.5 Å².